The second-order valence-corrected chi connectivity index (χ2v) is 4.07. The lowest BCUT2D eigenvalue weighted by atomic mass is 10.1. The Morgan fingerprint density at radius 3 is 2.87 bits per heavy atom. The minimum Gasteiger partial charge on any atom is -0.350 e. The van der Waals surface area contributed by atoms with E-state index in [4.69, 9.17) is 0 Å². The Morgan fingerprint density at radius 1 is 1.33 bits per heavy atom. The van der Waals surface area contributed by atoms with Crippen molar-refractivity contribution in [2.75, 3.05) is 6.54 Å². The maximum atomic E-state index is 3.37. The topological polar surface area (TPSA) is 17.0 Å². The van der Waals surface area contributed by atoms with Crippen molar-refractivity contribution in [2.45, 2.75) is 20.4 Å². The molecule has 2 rings (SSSR count). The van der Waals surface area contributed by atoms with E-state index in [0.717, 1.165) is 13.1 Å². The van der Waals surface area contributed by atoms with Gasteiger partial charge in [0, 0.05) is 30.7 Å². The van der Waals surface area contributed by atoms with E-state index in [0.29, 0.717) is 0 Å². The number of aromatic nitrogens is 1. The van der Waals surface area contributed by atoms with Crippen molar-refractivity contribution in [1.82, 2.24) is 9.88 Å². The third-order valence-electron chi connectivity index (χ3n) is 2.79. The van der Waals surface area contributed by atoms with Crippen molar-refractivity contribution < 1.29 is 0 Å². The summed E-state index contributed by atoms with van der Waals surface area (Å²) in [7, 11) is 2.11. The third-order valence-corrected chi connectivity index (χ3v) is 2.79. The molecule has 1 aromatic heterocycles. The van der Waals surface area contributed by atoms with Gasteiger partial charge in [0.2, 0.25) is 0 Å². The summed E-state index contributed by atoms with van der Waals surface area (Å²) in [6.45, 7) is 6.24. The third kappa shape index (κ3) is 1.90. The number of hydrogen-bond donors (Lipinski definition) is 1. The molecule has 1 aromatic carbocycles. The molecule has 0 unspecified atom stereocenters. The highest BCUT2D eigenvalue weighted by atomic mass is 14.9. The van der Waals surface area contributed by atoms with Crippen molar-refractivity contribution in [2.24, 2.45) is 7.05 Å². The molecule has 0 aliphatic rings. The fraction of sp³-hybridized carbons (Fsp3) is 0.385. The number of benzene rings is 1. The minimum atomic E-state index is 0.955. The quantitative estimate of drug-likeness (QED) is 0.809. The zero-order valence-electron chi connectivity index (χ0n) is 9.67. The average molecular weight is 202 g/mol. The number of nitrogens with one attached hydrogen (secondary N) is 1. The monoisotopic (exact) mass is 202 g/mol. The van der Waals surface area contributed by atoms with Gasteiger partial charge in [-0.3, -0.25) is 0 Å². The molecular weight excluding hydrogens is 184 g/mol. The molecule has 0 saturated heterocycles. The number of aryl methyl sites for hydroxylation is 2. The lowest BCUT2D eigenvalue weighted by molar-refractivity contribution is 0.727. The molecule has 0 atom stereocenters. The fourth-order valence-electron chi connectivity index (χ4n) is 1.98. The SMILES string of the molecule is CCNCc1cn(C)c2cc(C)ccc12. The van der Waals surface area contributed by atoms with Crippen molar-refractivity contribution in [3.63, 3.8) is 0 Å². The van der Waals surface area contributed by atoms with E-state index in [-0.39, 0.29) is 0 Å². The van der Waals surface area contributed by atoms with Crippen LogP contribution in [0.2, 0.25) is 0 Å². The van der Waals surface area contributed by atoms with E-state index in [1.54, 1.807) is 0 Å². The van der Waals surface area contributed by atoms with Crippen LogP contribution >= 0.6 is 0 Å². The Bertz CT molecular complexity index is 469. The molecule has 0 saturated carbocycles. The maximum Gasteiger partial charge on any atom is 0.0483 e. The van der Waals surface area contributed by atoms with Crippen molar-refractivity contribution in [3.8, 4) is 0 Å². The van der Waals surface area contributed by atoms with Crippen LogP contribution in [-0.2, 0) is 13.6 Å². The van der Waals surface area contributed by atoms with Crippen LogP contribution in [-0.4, -0.2) is 11.1 Å². The van der Waals surface area contributed by atoms with E-state index in [1.165, 1.54) is 22.0 Å². The molecule has 0 bridgehead atoms. The predicted octanol–water partition coefficient (Wildman–Crippen LogP) is 2.60. The van der Waals surface area contributed by atoms with Gasteiger partial charge in [-0.15, -0.1) is 0 Å². The Labute approximate surface area is 90.9 Å². The van der Waals surface area contributed by atoms with Crippen LogP contribution in [0.15, 0.2) is 24.4 Å². The number of nitrogens with zero attached hydrogens (tertiary/aromatic N) is 1. The first kappa shape index (κ1) is 10.2. The first-order valence-corrected chi connectivity index (χ1v) is 5.47. The predicted molar refractivity (Wildman–Crippen MR) is 65.0 cm³/mol. The lowest BCUT2D eigenvalue weighted by Crippen LogP contribution is -2.11. The molecule has 1 heterocycles. The number of hydrogen-bond acceptors (Lipinski definition) is 1. The van der Waals surface area contributed by atoms with E-state index >= 15 is 0 Å². The van der Waals surface area contributed by atoms with Gasteiger partial charge < -0.3 is 9.88 Å². The fourth-order valence-corrected chi connectivity index (χ4v) is 1.98. The molecule has 0 fully saturated rings. The lowest BCUT2D eigenvalue weighted by Gasteiger charge is -2.00. The van der Waals surface area contributed by atoms with Crippen LogP contribution in [0.4, 0.5) is 0 Å². The van der Waals surface area contributed by atoms with Gasteiger partial charge in [0.1, 0.15) is 0 Å². The molecule has 0 aliphatic heterocycles. The summed E-state index contributed by atoms with van der Waals surface area (Å²) in [4.78, 5) is 0. The van der Waals surface area contributed by atoms with Gasteiger partial charge in [-0.1, -0.05) is 19.1 Å². The van der Waals surface area contributed by atoms with Gasteiger partial charge in [0.15, 0.2) is 0 Å². The summed E-state index contributed by atoms with van der Waals surface area (Å²) in [6.07, 6.45) is 2.22. The summed E-state index contributed by atoms with van der Waals surface area (Å²) in [5.41, 5.74) is 4.02. The largest absolute Gasteiger partial charge is 0.350 e. The molecule has 2 aromatic rings. The summed E-state index contributed by atoms with van der Waals surface area (Å²) < 4.78 is 2.20. The smallest absolute Gasteiger partial charge is 0.0483 e. The molecule has 15 heavy (non-hydrogen) atoms. The van der Waals surface area contributed by atoms with E-state index in [9.17, 15) is 0 Å². The Balaban J connectivity index is 2.48. The zero-order chi connectivity index (χ0) is 10.8. The first-order chi connectivity index (χ1) is 7.22. The van der Waals surface area contributed by atoms with E-state index in [2.05, 4.69) is 55.2 Å². The standard InChI is InChI=1S/C13H18N2/c1-4-14-8-11-9-15(3)13-7-10(2)5-6-12(11)13/h5-7,9,14H,4,8H2,1-3H3. The molecular formula is C13H18N2. The van der Waals surface area contributed by atoms with Crippen LogP contribution in [0.25, 0.3) is 10.9 Å². The molecule has 0 amide bonds. The molecule has 0 radical (unpaired) electrons. The van der Waals surface area contributed by atoms with Crippen molar-refractivity contribution in [3.05, 3.63) is 35.5 Å². The first-order valence-electron chi connectivity index (χ1n) is 5.47. The van der Waals surface area contributed by atoms with Crippen LogP contribution in [0.5, 0.6) is 0 Å². The summed E-state index contributed by atoms with van der Waals surface area (Å²) in [6, 6.07) is 6.64. The Hall–Kier alpha value is -1.28. The second kappa shape index (κ2) is 4.07. The van der Waals surface area contributed by atoms with Crippen LogP contribution in [0.1, 0.15) is 18.1 Å². The molecule has 80 valence electrons. The van der Waals surface area contributed by atoms with Crippen LogP contribution in [0, 0.1) is 6.92 Å². The molecule has 0 aliphatic carbocycles. The molecule has 0 spiro atoms. The number of rotatable bonds is 3. The second-order valence-electron chi connectivity index (χ2n) is 4.07. The average Bonchev–Trinajstić information content (AvgIpc) is 2.53. The Morgan fingerprint density at radius 2 is 2.13 bits per heavy atom. The molecule has 2 nitrogen and oxygen atoms in total. The molecule has 1 N–H and O–H groups in total. The highest BCUT2D eigenvalue weighted by molar-refractivity contribution is 5.84. The summed E-state index contributed by atoms with van der Waals surface area (Å²) in [5, 5.41) is 4.74. The highest BCUT2D eigenvalue weighted by Crippen LogP contribution is 2.21. The van der Waals surface area contributed by atoms with Crippen molar-refractivity contribution in [1.29, 1.82) is 0 Å². The maximum absolute atomic E-state index is 3.37. The Kier molecular flexibility index (Phi) is 2.78. The van der Waals surface area contributed by atoms with Gasteiger partial charge in [-0.2, -0.15) is 0 Å². The van der Waals surface area contributed by atoms with Crippen molar-refractivity contribution >= 4 is 10.9 Å². The normalized spacial score (nSPS) is 11.1. The highest BCUT2D eigenvalue weighted by Gasteiger charge is 2.05. The van der Waals surface area contributed by atoms with Gasteiger partial charge in [0.25, 0.3) is 0 Å². The number of fused-ring (bicyclic) bond motifs is 1. The zero-order valence-corrected chi connectivity index (χ0v) is 9.67. The van der Waals surface area contributed by atoms with Crippen LogP contribution in [0.3, 0.4) is 0 Å². The summed E-state index contributed by atoms with van der Waals surface area (Å²) >= 11 is 0. The van der Waals surface area contributed by atoms with Gasteiger partial charge >= 0.3 is 0 Å². The van der Waals surface area contributed by atoms with Crippen LogP contribution < -0.4 is 5.32 Å². The van der Waals surface area contributed by atoms with Gasteiger partial charge in [-0.05, 0) is 30.7 Å². The van der Waals surface area contributed by atoms with Gasteiger partial charge in [0.05, 0.1) is 0 Å². The van der Waals surface area contributed by atoms with E-state index in [1.807, 2.05) is 0 Å². The minimum absolute atomic E-state index is 0.955. The molecule has 2 heteroatoms. The van der Waals surface area contributed by atoms with E-state index < -0.39 is 0 Å². The van der Waals surface area contributed by atoms with Gasteiger partial charge in [-0.25, -0.2) is 0 Å². The summed E-state index contributed by atoms with van der Waals surface area (Å²) in [5.74, 6) is 0.